The monoisotopic (exact) mass is 545 g/mol. The van der Waals surface area contributed by atoms with Crippen LogP contribution in [0.2, 0.25) is 5.02 Å². The number of piperidine rings is 1. The second kappa shape index (κ2) is 10.1. The van der Waals surface area contributed by atoms with Crippen LogP contribution in [0.1, 0.15) is 42.5 Å². The lowest BCUT2D eigenvalue weighted by Crippen LogP contribution is -2.45. The first-order chi connectivity index (χ1) is 16.1. The molecule has 196 valence electrons. The highest BCUT2D eigenvalue weighted by molar-refractivity contribution is 7.87. The van der Waals surface area contributed by atoms with Crippen molar-refractivity contribution in [3.05, 3.63) is 28.5 Å². The summed E-state index contributed by atoms with van der Waals surface area (Å²) >= 11 is 6.12. The van der Waals surface area contributed by atoms with Gasteiger partial charge in [-0.2, -0.15) is 25.9 Å². The third-order valence-corrected chi connectivity index (χ3v) is 7.89. The number of halogens is 5. The van der Waals surface area contributed by atoms with Gasteiger partial charge in [0.15, 0.2) is 0 Å². The number of carboxylic acids is 1. The van der Waals surface area contributed by atoms with Gasteiger partial charge in [0.05, 0.1) is 17.2 Å². The zero-order valence-corrected chi connectivity index (χ0v) is 19.8. The molecular weight excluding hydrogens is 522 g/mol. The summed E-state index contributed by atoms with van der Waals surface area (Å²) in [5.41, 5.74) is 5.06. The number of carbonyl (C=O) groups excluding carboxylic acids is 1. The van der Waals surface area contributed by atoms with E-state index in [1.165, 1.54) is 0 Å². The quantitative estimate of drug-likeness (QED) is 0.467. The van der Waals surface area contributed by atoms with Crippen molar-refractivity contribution in [3.8, 4) is 5.75 Å². The van der Waals surface area contributed by atoms with Gasteiger partial charge in [-0.1, -0.05) is 24.4 Å². The standard InChI is InChI=1S/C18H23ClFN3O4S.C2HF3O2/c19-14-5-13(15(20)6-16(14)27-9-11-3-1-2-4-11)17(24)22-28(25,26)23-8-12-7-18(12,21)10-23;3-2(4,5)1(6)7/h5-6,11-12H,1-4,7-10,21H2,(H,22,24);(H,6,7)/t12-,18-;/m0./s1. The number of hydrogen-bond acceptors (Lipinski definition) is 6. The number of rotatable bonds is 6. The van der Waals surface area contributed by atoms with Crippen molar-refractivity contribution in [1.29, 1.82) is 0 Å². The number of fused-ring (bicyclic) bond motifs is 1. The van der Waals surface area contributed by atoms with Crippen molar-refractivity contribution in [3.63, 3.8) is 0 Å². The van der Waals surface area contributed by atoms with Crippen molar-refractivity contribution in [2.24, 2.45) is 17.6 Å². The summed E-state index contributed by atoms with van der Waals surface area (Å²) in [7, 11) is -4.10. The van der Waals surface area contributed by atoms with Crippen molar-refractivity contribution in [2.45, 2.75) is 43.8 Å². The molecule has 3 aliphatic rings. The molecule has 1 saturated heterocycles. The third kappa shape index (κ3) is 6.74. The van der Waals surface area contributed by atoms with Gasteiger partial charge in [-0.15, -0.1) is 0 Å². The largest absolute Gasteiger partial charge is 0.492 e. The van der Waals surface area contributed by atoms with Gasteiger partial charge in [-0.25, -0.2) is 13.9 Å². The van der Waals surface area contributed by atoms with Gasteiger partial charge in [0, 0.05) is 24.7 Å². The fourth-order valence-electron chi connectivity index (χ4n) is 4.10. The molecule has 2 atom stereocenters. The molecule has 1 amide bonds. The molecule has 15 heteroatoms. The average Bonchev–Trinajstić information content (AvgIpc) is 3.10. The van der Waals surface area contributed by atoms with Gasteiger partial charge in [0.25, 0.3) is 5.91 Å². The minimum Gasteiger partial charge on any atom is -0.492 e. The Hall–Kier alpha value is -2.16. The number of hydrogen-bond donors (Lipinski definition) is 3. The minimum absolute atomic E-state index is 0.0604. The van der Waals surface area contributed by atoms with Crippen LogP contribution in [0.15, 0.2) is 12.1 Å². The molecule has 2 saturated carbocycles. The number of carbonyl (C=O) groups is 2. The van der Waals surface area contributed by atoms with E-state index < -0.39 is 45.2 Å². The highest BCUT2D eigenvalue weighted by atomic mass is 35.5. The van der Waals surface area contributed by atoms with Gasteiger partial charge in [0.2, 0.25) is 0 Å². The second-order valence-electron chi connectivity index (χ2n) is 8.89. The van der Waals surface area contributed by atoms with E-state index in [9.17, 15) is 30.8 Å². The maximum absolute atomic E-state index is 14.4. The summed E-state index contributed by atoms with van der Waals surface area (Å²) in [6.07, 6.45) is 0.152. The maximum atomic E-state index is 14.4. The summed E-state index contributed by atoms with van der Waals surface area (Å²) in [6.45, 7) is 0.851. The maximum Gasteiger partial charge on any atom is 0.490 e. The predicted molar refractivity (Wildman–Crippen MR) is 116 cm³/mol. The zero-order valence-electron chi connectivity index (χ0n) is 18.3. The topological polar surface area (TPSA) is 139 Å². The van der Waals surface area contributed by atoms with E-state index in [-0.39, 0.29) is 29.8 Å². The lowest BCUT2D eigenvalue weighted by molar-refractivity contribution is -0.192. The Labute approximate surface area is 203 Å². The molecule has 0 unspecified atom stereocenters. The highest BCUT2D eigenvalue weighted by Gasteiger charge is 2.59. The summed E-state index contributed by atoms with van der Waals surface area (Å²) < 4.78 is 79.6. The summed E-state index contributed by atoms with van der Waals surface area (Å²) in [5, 5.41) is 7.19. The summed E-state index contributed by atoms with van der Waals surface area (Å²) in [6, 6.07) is 2.12. The fraction of sp³-hybridized carbons (Fsp3) is 0.600. The Kier molecular flexibility index (Phi) is 7.89. The van der Waals surface area contributed by atoms with Crippen LogP contribution in [0.3, 0.4) is 0 Å². The van der Waals surface area contributed by atoms with E-state index in [1.807, 2.05) is 4.72 Å². The van der Waals surface area contributed by atoms with Gasteiger partial charge >= 0.3 is 22.4 Å². The number of amides is 1. The fourth-order valence-corrected chi connectivity index (χ4v) is 5.57. The van der Waals surface area contributed by atoms with Crippen LogP contribution in [0.25, 0.3) is 0 Å². The number of benzene rings is 1. The molecule has 35 heavy (non-hydrogen) atoms. The van der Waals surface area contributed by atoms with Crippen LogP contribution in [-0.2, 0) is 15.0 Å². The predicted octanol–water partition coefficient (Wildman–Crippen LogP) is 2.69. The van der Waals surface area contributed by atoms with Gasteiger partial charge in [-0.3, -0.25) is 4.79 Å². The average molecular weight is 546 g/mol. The van der Waals surface area contributed by atoms with Gasteiger partial charge in [0.1, 0.15) is 11.6 Å². The van der Waals surface area contributed by atoms with E-state index in [0.29, 0.717) is 12.5 Å². The van der Waals surface area contributed by atoms with E-state index in [0.717, 1.165) is 48.5 Å². The van der Waals surface area contributed by atoms with E-state index >= 15 is 0 Å². The normalized spacial score (nSPS) is 24.3. The molecule has 1 aromatic carbocycles. The first kappa shape index (κ1) is 27.4. The molecule has 1 aliphatic heterocycles. The van der Waals surface area contributed by atoms with Crippen LogP contribution in [0.5, 0.6) is 5.75 Å². The summed E-state index contributed by atoms with van der Waals surface area (Å²) in [4.78, 5) is 21.2. The minimum atomic E-state index is -5.08. The lowest BCUT2D eigenvalue weighted by atomic mass is 10.1. The van der Waals surface area contributed by atoms with E-state index in [4.69, 9.17) is 32.0 Å². The number of nitrogens with two attached hydrogens (primary N) is 1. The molecule has 4 N–H and O–H groups in total. The van der Waals surface area contributed by atoms with E-state index in [2.05, 4.69) is 0 Å². The molecule has 9 nitrogen and oxygen atoms in total. The number of nitrogens with zero attached hydrogens (tertiary/aromatic N) is 1. The molecule has 2 aliphatic carbocycles. The SMILES string of the molecule is N[C@]12C[C@H]1CN(S(=O)(=O)NC(=O)c1cc(Cl)c(OCC3CCCC3)cc1F)C2.O=C(O)C(F)(F)F. The molecule has 1 aromatic rings. The Morgan fingerprint density at radius 2 is 1.89 bits per heavy atom. The highest BCUT2D eigenvalue weighted by Crippen LogP contribution is 2.47. The van der Waals surface area contributed by atoms with Crippen LogP contribution < -0.4 is 15.2 Å². The lowest BCUT2D eigenvalue weighted by Gasteiger charge is -2.19. The molecule has 0 spiro atoms. The van der Waals surface area contributed by atoms with Crippen LogP contribution in [-0.4, -0.2) is 61.1 Å². The van der Waals surface area contributed by atoms with Crippen molar-refractivity contribution in [2.75, 3.05) is 19.7 Å². The van der Waals surface area contributed by atoms with Gasteiger partial charge < -0.3 is 15.6 Å². The van der Waals surface area contributed by atoms with Crippen LogP contribution in [0.4, 0.5) is 17.6 Å². The zero-order chi connectivity index (χ0) is 26.2. The summed E-state index contributed by atoms with van der Waals surface area (Å²) in [5.74, 6) is -4.04. The van der Waals surface area contributed by atoms with Crippen molar-refractivity contribution >= 4 is 33.7 Å². The van der Waals surface area contributed by atoms with E-state index in [1.54, 1.807) is 0 Å². The number of nitrogens with one attached hydrogen (secondary N) is 1. The number of alkyl halides is 3. The van der Waals surface area contributed by atoms with Gasteiger partial charge in [-0.05, 0) is 37.2 Å². The smallest absolute Gasteiger partial charge is 0.490 e. The number of aliphatic carboxylic acids is 1. The number of carboxylic acid groups (broad SMARTS) is 1. The molecule has 4 rings (SSSR count). The first-order valence-corrected chi connectivity index (χ1v) is 12.5. The molecular formula is C20H24ClF4N3O6S. The van der Waals surface area contributed by atoms with Crippen molar-refractivity contribution in [1.82, 2.24) is 9.03 Å². The first-order valence-electron chi connectivity index (χ1n) is 10.7. The Morgan fingerprint density at radius 1 is 1.29 bits per heavy atom. The Balaban J connectivity index is 0.000000429. The third-order valence-electron chi connectivity index (χ3n) is 6.19. The Morgan fingerprint density at radius 3 is 2.40 bits per heavy atom. The van der Waals surface area contributed by atoms with Crippen molar-refractivity contribution < 1.29 is 45.4 Å². The van der Waals surface area contributed by atoms with Crippen LogP contribution >= 0.6 is 11.6 Å². The molecule has 0 radical (unpaired) electrons. The van der Waals surface area contributed by atoms with Crippen LogP contribution in [0, 0.1) is 17.7 Å². The Bertz CT molecular complexity index is 1100. The molecule has 0 bridgehead atoms. The number of ether oxygens (including phenoxy) is 1. The second-order valence-corrected chi connectivity index (χ2v) is 11.0. The molecule has 3 fully saturated rings. The molecule has 0 aromatic heterocycles. The molecule has 1 heterocycles.